The Morgan fingerprint density at radius 1 is 1.29 bits per heavy atom. The van der Waals surface area contributed by atoms with Gasteiger partial charge in [0.2, 0.25) is 11.8 Å². The molecule has 2 aromatic heterocycles. The van der Waals surface area contributed by atoms with Crippen molar-refractivity contribution in [3.8, 4) is 0 Å². The van der Waals surface area contributed by atoms with Gasteiger partial charge >= 0.3 is 6.18 Å². The van der Waals surface area contributed by atoms with Gasteiger partial charge in [0.05, 0.1) is 0 Å². The van der Waals surface area contributed by atoms with Crippen LogP contribution in [-0.4, -0.2) is 20.0 Å². The molecule has 0 atom stereocenters. The van der Waals surface area contributed by atoms with Crippen LogP contribution in [0.15, 0.2) is 10.5 Å². The van der Waals surface area contributed by atoms with Gasteiger partial charge in [-0.3, -0.25) is 4.68 Å². The van der Waals surface area contributed by atoms with Gasteiger partial charge in [0.25, 0.3) is 0 Å². The van der Waals surface area contributed by atoms with Crippen molar-refractivity contribution >= 4 is 0 Å². The molecule has 0 saturated heterocycles. The summed E-state index contributed by atoms with van der Waals surface area (Å²) >= 11 is 0. The Hall–Kier alpha value is -1.86. The molecule has 0 radical (unpaired) electrons. The molecule has 0 aliphatic rings. The van der Waals surface area contributed by atoms with E-state index in [1.54, 1.807) is 6.92 Å². The Balaban J connectivity index is 2.25. The van der Waals surface area contributed by atoms with Crippen LogP contribution in [0.1, 0.15) is 23.2 Å². The van der Waals surface area contributed by atoms with E-state index in [0.29, 0.717) is 11.6 Å². The topological polar surface area (TPSA) is 56.7 Å². The van der Waals surface area contributed by atoms with Crippen molar-refractivity contribution in [1.29, 1.82) is 0 Å². The fourth-order valence-electron chi connectivity index (χ4n) is 1.34. The minimum Gasteiger partial charge on any atom is -0.424 e. The maximum Gasteiger partial charge on any atom is 0.435 e. The fourth-order valence-corrected chi connectivity index (χ4v) is 1.34. The minimum atomic E-state index is -4.44. The Morgan fingerprint density at radius 2 is 2.00 bits per heavy atom. The Labute approximate surface area is 94.3 Å². The van der Waals surface area contributed by atoms with E-state index < -0.39 is 11.9 Å². The summed E-state index contributed by atoms with van der Waals surface area (Å²) in [4.78, 5) is 0. The van der Waals surface area contributed by atoms with Gasteiger partial charge in [-0.05, 0) is 13.0 Å². The first-order chi connectivity index (χ1) is 7.86. The number of rotatable bonds is 2. The molecule has 17 heavy (non-hydrogen) atoms. The summed E-state index contributed by atoms with van der Waals surface area (Å²) in [6.45, 7) is 3.17. The molecular formula is C9H9F3N4O. The first-order valence-corrected chi connectivity index (χ1v) is 4.77. The van der Waals surface area contributed by atoms with Crippen molar-refractivity contribution in [3.63, 3.8) is 0 Å². The second-order valence-corrected chi connectivity index (χ2v) is 3.54. The third-order valence-electron chi connectivity index (χ3n) is 2.12. The Bertz CT molecular complexity index is 529. The summed E-state index contributed by atoms with van der Waals surface area (Å²) in [5.74, 6) is 0.586. The molecule has 92 valence electrons. The average molecular weight is 246 g/mol. The first-order valence-electron chi connectivity index (χ1n) is 4.77. The summed E-state index contributed by atoms with van der Waals surface area (Å²) in [7, 11) is 0. The number of hydrogen-bond acceptors (Lipinski definition) is 4. The molecule has 0 spiro atoms. The summed E-state index contributed by atoms with van der Waals surface area (Å²) in [5.41, 5.74) is -0.542. The zero-order valence-corrected chi connectivity index (χ0v) is 9.12. The summed E-state index contributed by atoms with van der Waals surface area (Å²) in [5, 5.41) is 10.7. The molecule has 2 heterocycles. The molecule has 0 fully saturated rings. The van der Waals surface area contributed by atoms with Gasteiger partial charge in [0, 0.05) is 12.6 Å². The van der Waals surface area contributed by atoms with Crippen molar-refractivity contribution in [1.82, 2.24) is 20.0 Å². The predicted molar refractivity (Wildman–Crippen MR) is 50.1 cm³/mol. The third-order valence-corrected chi connectivity index (χ3v) is 2.12. The number of hydrogen-bond donors (Lipinski definition) is 0. The molecule has 8 heteroatoms. The number of aryl methyl sites for hydroxylation is 2. The van der Waals surface area contributed by atoms with Crippen LogP contribution in [-0.2, 0) is 12.7 Å². The van der Waals surface area contributed by atoms with Crippen molar-refractivity contribution in [2.45, 2.75) is 26.6 Å². The zero-order valence-electron chi connectivity index (χ0n) is 9.12. The lowest BCUT2D eigenvalue weighted by molar-refractivity contribution is -0.141. The molecule has 2 aromatic rings. The molecular weight excluding hydrogens is 237 g/mol. The highest BCUT2D eigenvalue weighted by atomic mass is 19.4. The first kappa shape index (κ1) is 11.6. The number of halogens is 3. The van der Waals surface area contributed by atoms with Crippen molar-refractivity contribution in [3.05, 3.63) is 29.2 Å². The molecule has 0 saturated carbocycles. The lowest BCUT2D eigenvalue weighted by Crippen LogP contribution is -2.09. The van der Waals surface area contributed by atoms with Crippen LogP contribution in [0.4, 0.5) is 13.2 Å². The number of alkyl halides is 3. The second kappa shape index (κ2) is 3.86. The highest BCUT2D eigenvalue weighted by molar-refractivity contribution is 5.12. The standard InChI is InChI=1S/C9H9F3N4O/c1-5-3-7(9(10,11)12)15-16(5)4-8-14-13-6(2)17-8/h3H,4H2,1-2H3. The fraction of sp³-hybridized carbons (Fsp3) is 0.444. The van der Waals surface area contributed by atoms with Gasteiger partial charge in [-0.15, -0.1) is 10.2 Å². The van der Waals surface area contributed by atoms with Gasteiger partial charge in [0.1, 0.15) is 6.54 Å². The van der Waals surface area contributed by atoms with Crippen LogP contribution in [0.5, 0.6) is 0 Å². The monoisotopic (exact) mass is 246 g/mol. The smallest absolute Gasteiger partial charge is 0.424 e. The number of nitrogens with zero attached hydrogens (tertiary/aromatic N) is 4. The van der Waals surface area contributed by atoms with Crippen molar-refractivity contribution in [2.24, 2.45) is 0 Å². The summed E-state index contributed by atoms with van der Waals surface area (Å²) < 4.78 is 43.4. The van der Waals surface area contributed by atoms with E-state index in [4.69, 9.17) is 4.42 Å². The Kier molecular flexibility index (Phi) is 2.64. The molecule has 0 amide bonds. The van der Waals surface area contributed by atoms with E-state index in [1.807, 2.05) is 0 Å². The maximum absolute atomic E-state index is 12.4. The summed E-state index contributed by atoms with van der Waals surface area (Å²) in [6.07, 6.45) is -4.44. The minimum absolute atomic E-state index is 0.0305. The molecule has 0 aliphatic heterocycles. The van der Waals surface area contributed by atoms with Gasteiger partial charge < -0.3 is 4.42 Å². The van der Waals surface area contributed by atoms with E-state index in [0.717, 1.165) is 6.07 Å². The van der Waals surface area contributed by atoms with Crippen LogP contribution in [0.3, 0.4) is 0 Å². The molecule has 0 bridgehead atoms. The average Bonchev–Trinajstić information content (AvgIpc) is 2.74. The summed E-state index contributed by atoms with van der Waals surface area (Å²) in [6, 6.07) is 0.975. The molecule has 0 N–H and O–H groups in total. The molecule has 5 nitrogen and oxygen atoms in total. The lowest BCUT2D eigenvalue weighted by atomic mass is 10.4. The molecule has 0 aromatic carbocycles. The normalized spacial score (nSPS) is 12.1. The predicted octanol–water partition coefficient (Wildman–Crippen LogP) is 1.95. The maximum atomic E-state index is 12.4. The van der Waals surface area contributed by atoms with Crippen LogP contribution >= 0.6 is 0 Å². The van der Waals surface area contributed by atoms with Crippen LogP contribution in [0, 0.1) is 13.8 Å². The quantitative estimate of drug-likeness (QED) is 0.812. The van der Waals surface area contributed by atoms with Gasteiger partial charge in [-0.2, -0.15) is 18.3 Å². The lowest BCUT2D eigenvalue weighted by Gasteiger charge is -2.01. The highest BCUT2D eigenvalue weighted by Gasteiger charge is 2.34. The van der Waals surface area contributed by atoms with Crippen LogP contribution < -0.4 is 0 Å². The number of aromatic nitrogens is 4. The highest BCUT2D eigenvalue weighted by Crippen LogP contribution is 2.28. The SMILES string of the molecule is Cc1nnc(Cn2nc(C(F)(F)F)cc2C)o1. The van der Waals surface area contributed by atoms with E-state index in [-0.39, 0.29) is 12.4 Å². The van der Waals surface area contributed by atoms with Gasteiger partial charge in [-0.1, -0.05) is 0 Å². The van der Waals surface area contributed by atoms with E-state index in [2.05, 4.69) is 15.3 Å². The van der Waals surface area contributed by atoms with Gasteiger partial charge in [0.15, 0.2) is 5.69 Å². The second-order valence-electron chi connectivity index (χ2n) is 3.54. The zero-order chi connectivity index (χ0) is 12.6. The molecule has 0 unspecified atom stereocenters. The molecule has 2 rings (SSSR count). The third kappa shape index (κ3) is 2.45. The Morgan fingerprint density at radius 3 is 2.47 bits per heavy atom. The van der Waals surface area contributed by atoms with E-state index >= 15 is 0 Å². The molecule has 0 aliphatic carbocycles. The largest absolute Gasteiger partial charge is 0.435 e. The van der Waals surface area contributed by atoms with E-state index in [9.17, 15) is 13.2 Å². The van der Waals surface area contributed by atoms with Crippen molar-refractivity contribution < 1.29 is 17.6 Å². The van der Waals surface area contributed by atoms with E-state index in [1.165, 1.54) is 11.6 Å². The van der Waals surface area contributed by atoms with Crippen LogP contribution in [0.25, 0.3) is 0 Å². The van der Waals surface area contributed by atoms with Gasteiger partial charge in [-0.25, -0.2) is 0 Å². The van der Waals surface area contributed by atoms with Crippen LogP contribution in [0.2, 0.25) is 0 Å². The van der Waals surface area contributed by atoms with Crippen molar-refractivity contribution in [2.75, 3.05) is 0 Å².